The molecule has 6 aromatic rings. The quantitative estimate of drug-likeness (QED) is 0.136. The van der Waals surface area contributed by atoms with Crippen LogP contribution in [0.5, 0.6) is 11.5 Å². The van der Waals surface area contributed by atoms with Crippen LogP contribution in [0.4, 0.5) is 43.2 Å². The third-order valence-electron chi connectivity index (χ3n) is 6.94. The lowest BCUT2D eigenvalue weighted by atomic mass is 10.2. The van der Waals surface area contributed by atoms with Gasteiger partial charge in [-0.2, -0.15) is 0 Å². The molecular weight excluding hydrogens is 670 g/mol. The molecule has 0 spiro atoms. The molecule has 0 aliphatic carbocycles. The molecule has 0 saturated carbocycles. The van der Waals surface area contributed by atoms with Gasteiger partial charge in [0.2, 0.25) is 0 Å². The zero-order valence-electron chi connectivity index (χ0n) is 27.8. The molecule has 0 aliphatic heterocycles. The molecule has 2 aromatic heterocycles. The Bertz CT molecular complexity index is 2050. The Labute approximate surface area is 296 Å². The summed E-state index contributed by atoms with van der Waals surface area (Å²) in [6.07, 6.45) is 3.24. The van der Waals surface area contributed by atoms with Crippen LogP contribution in [0.15, 0.2) is 154 Å². The van der Waals surface area contributed by atoms with Crippen LogP contribution in [-0.2, 0) is 0 Å². The number of azo groups is 2. The zero-order chi connectivity index (χ0) is 36.7. The predicted octanol–water partition coefficient (Wildman–Crippen LogP) is 9.79. The Balaban J connectivity index is 0.000000201. The van der Waals surface area contributed by atoms with Crippen LogP contribution in [0, 0.1) is 11.6 Å². The minimum atomic E-state index is -0.593. The molecule has 0 atom stereocenters. The smallest absolute Gasteiger partial charge is 0.258 e. The molecule has 0 bridgehead atoms. The number of hydrogen-bond donors (Lipinski definition) is 2. The summed E-state index contributed by atoms with van der Waals surface area (Å²) in [4.78, 5) is 32.6. The van der Waals surface area contributed by atoms with Crippen molar-refractivity contribution in [2.45, 2.75) is 0 Å². The number of amides is 2. The van der Waals surface area contributed by atoms with Gasteiger partial charge in [-0.1, -0.05) is 36.4 Å². The van der Waals surface area contributed by atoms with Gasteiger partial charge >= 0.3 is 0 Å². The molecule has 12 nitrogen and oxygen atoms in total. The number of halogens is 2. The second kappa shape index (κ2) is 18.0. The molecule has 0 fully saturated rings. The molecule has 260 valence electrons. The third kappa shape index (κ3) is 9.92. The number of nitrogens with zero attached hydrogens (tertiary/aromatic N) is 6. The number of methoxy groups -OCH3 is 2. The van der Waals surface area contributed by atoms with Crippen molar-refractivity contribution in [2.75, 3.05) is 24.9 Å². The van der Waals surface area contributed by atoms with Crippen molar-refractivity contribution in [3.05, 3.63) is 156 Å². The maximum absolute atomic E-state index is 13.7. The van der Waals surface area contributed by atoms with Gasteiger partial charge in [0, 0.05) is 24.5 Å². The average molecular weight is 701 g/mol. The fraction of sp³-hybridized carbons (Fsp3) is 0.0526. The first kappa shape index (κ1) is 36.1. The van der Waals surface area contributed by atoms with Gasteiger partial charge in [-0.3, -0.25) is 9.59 Å². The van der Waals surface area contributed by atoms with Crippen molar-refractivity contribution in [3.63, 3.8) is 0 Å². The molecule has 2 N–H and O–H groups in total. The van der Waals surface area contributed by atoms with Crippen LogP contribution >= 0.6 is 0 Å². The highest BCUT2D eigenvalue weighted by Gasteiger charge is 2.15. The summed E-state index contributed by atoms with van der Waals surface area (Å²) >= 11 is 0. The van der Waals surface area contributed by atoms with Crippen molar-refractivity contribution in [1.82, 2.24) is 9.97 Å². The van der Waals surface area contributed by atoms with Crippen LogP contribution < -0.4 is 20.1 Å². The highest BCUT2D eigenvalue weighted by atomic mass is 19.1. The van der Waals surface area contributed by atoms with Gasteiger partial charge in [-0.25, -0.2) is 18.7 Å². The summed E-state index contributed by atoms with van der Waals surface area (Å²) in [5.74, 6) is -0.603. The number of hydrogen-bond acceptors (Lipinski definition) is 10. The number of anilines is 2. The summed E-state index contributed by atoms with van der Waals surface area (Å²) < 4.78 is 38.0. The third-order valence-corrected chi connectivity index (χ3v) is 6.94. The number of carbonyl (C=O) groups excluding carboxylic acids is 2. The normalized spacial score (nSPS) is 10.7. The first-order valence-electron chi connectivity index (χ1n) is 15.5. The van der Waals surface area contributed by atoms with E-state index in [4.69, 9.17) is 9.47 Å². The Kier molecular flexibility index (Phi) is 12.5. The van der Waals surface area contributed by atoms with E-state index < -0.39 is 23.4 Å². The average Bonchev–Trinajstić information content (AvgIpc) is 3.18. The molecular formula is C38H30F2N8O4. The lowest BCUT2D eigenvalue weighted by Crippen LogP contribution is -2.14. The Morgan fingerprint density at radius 3 is 1.31 bits per heavy atom. The summed E-state index contributed by atoms with van der Waals surface area (Å²) in [5.41, 5.74) is 1.75. The first-order chi connectivity index (χ1) is 25.3. The lowest BCUT2D eigenvalue weighted by molar-refractivity contribution is 0.101. The minimum Gasteiger partial charge on any atom is -0.494 e. The second-order valence-electron chi connectivity index (χ2n) is 10.4. The van der Waals surface area contributed by atoms with Crippen LogP contribution in [0.1, 0.15) is 20.7 Å². The van der Waals surface area contributed by atoms with E-state index in [0.29, 0.717) is 45.9 Å². The number of ether oxygens (including phenoxy) is 2. The molecule has 2 amide bonds. The highest BCUT2D eigenvalue weighted by Crippen LogP contribution is 2.32. The first-order valence-corrected chi connectivity index (χ1v) is 15.5. The SMILES string of the molecule is COc1cc(N=Nc2ccccn2)ccc1NC(=O)c1ccccc1F.COc1cc(N=Nc2ccccn2)ccc1NC(=O)c1ccccc1F. The number of carbonyl (C=O) groups is 2. The van der Waals surface area contributed by atoms with Gasteiger partial charge in [-0.15, -0.1) is 20.5 Å². The van der Waals surface area contributed by atoms with Crippen LogP contribution in [0.2, 0.25) is 0 Å². The molecule has 0 radical (unpaired) electrons. The zero-order valence-corrected chi connectivity index (χ0v) is 27.8. The molecule has 0 aliphatic rings. The maximum Gasteiger partial charge on any atom is 0.258 e. The monoisotopic (exact) mass is 700 g/mol. The van der Waals surface area contributed by atoms with E-state index in [-0.39, 0.29) is 11.1 Å². The fourth-order valence-electron chi connectivity index (χ4n) is 4.40. The largest absolute Gasteiger partial charge is 0.494 e. The maximum atomic E-state index is 13.7. The number of benzene rings is 4. The van der Waals surface area contributed by atoms with E-state index >= 15 is 0 Å². The predicted molar refractivity (Wildman–Crippen MR) is 192 cm³/mol. The molecule has 0 saturated heterocycles. The summed E-state index contributed by atoms with van der Waals surface area (Å²) in [7, 11) is 2.93. The van der Waals surface area contributed by atoms with Gasteiger partial charge in [0.15, 0.2) is 11.6 Å². The van der Waals surface area contributed by atoms with Gasteiger partial charge in [0.1, 0.15) is 23.1 Å². The highest BCUT2D eigenvalue weighted by molar-refractivity contribution is 6.06. The van der Waals surface area contributed by atoms with Gasteiger partial charge < -0.3 is 20.1 Å². The fourth-order valence-corrected chi connectivity index (χ4v) is 4.40. The van der Waals surface area contributed by atoms with Crippen LogP contribution in [0.3, 0.4) is 0 Å². The molecule has 14 heteroatoms. The van der Waals surface area contributed by atoms with Crippen LogP contribution in [0.25, 0.3) is 0 Å². The van der Waals surface area contributed by atoms with Crippen molar-refractivity contribution in [1.29, 1.82) is 0 Å². The summed E-state index contributed by atoms with van der Waals surface area (Å²) in [5, 5.41) is 21.5. The van der Waals surface area contributed by atoms with Crippen molar-refractivity contribution in [2.24, 2.45) is 20.5 Å². The van der Waals surface area contributed by atoms with E-state index in [1.807, 2.05) is 12.1 Å². The molecule has 6 rings (SSSR count). The van der Waals surface area contributed by atoms with E-state index in [1.165, 1.54) is 50.6 Å². The van der Waals surface area contributed by atoms with E-state index in [2.05, 4.69) is 41.1 Å². The van der Waals surface area contributed by atoms with E-state index in [1.54, 1.807) is 85.2 Å². The summed E-state index contributed by atoms with van der Waals surface area (Å²) in [6.45, 7) is 0. The van der Waals surface area contributed by atoms with Gasteiger partial charge in [-0.05, 0) is 72.8 Å². The number of rotatable bonds is 10. The molecule has 52 heavy (non-hydrogen) atoms. The van der Waals surface area contributed by atoms with Gasteiger partial charge in [0.05, 0.1) is 48.1 Å². The number of aromatic nitrogens is 2. The number of nitrogens with one attached hydrogen (secondary N) is 2. The van der Waals surface area contributed by atoms with E-state index in [9.17, 15) is 18.4 Å². The number of pyridine rings is 2. The lowest BCUT2D eigenvalue weighted by Gasteiger charge is -2.11. The molecule has 2 heterocycles. The summed E-state index contributed by atoms with van der Waals surface area (Å²) in [6, 6.07) is 31.9. The van der Waals surface area contributed by atoms with Crippen molar-refractivity contribution < 1.29 is 27.8 Å². The second-order valence-corrected chi connectivity index (χ2v) is 10.4. The van der Waals surface area contributed by atoms with E-state index in [0.717, 1.165) is 0 Å². The Morgan fingerprint density at radius 2 is 0.942 bits per heavy atom. The Hall–Kier alpha value is -7.22. The minimum absolute atomic E-state index is 0.0477. The standard InChI is InChI=1S/2C19H15FN4O2/c2*1-26-17-12-13(23-24-18-8-4-5-11-21-18)9-10-16(17)22-19(25)14-6-2-3-7-15(14)20/h2*2-12H,1H3,(H,22,25). The molecule has 4 aromatic carbocycles. The van der Waals surface area contributed by atoms with Crippen molar-refractivity contribution in [3.8, 4) is 11.5 Å². The van der Waals surface area contributed by atoms with Crippen molar-refractivity contribution >= 4 is 46.2 Å². The molecule has 0 unspecified atom stereocenters. The Morgan fingerprint density at radius 1 is 0.538 bits per heavy atom. The topological polar surface area (TPSA) is 152 Å². The van der Waals surface area contributed by atoms with Gasteiger partial charge in [0.25, 0.3) is 11.8 Å². The van der Waals surface area contributed by atoms with Crippen LogP contribution in [-0.4, -0.2) is 36.0 Å².